The maximum absolute atomic E-state index is 12.2. The van der Waals surface area contributed by atoms with Gasteiger partial charge in [-0.2, -0.15) is 0 Å². The van der Waals surface area contributed by atoms with Crippen molar-refractivity contribution < 1.29 is 9.59 Å². The molecule has 0 aliphatic heterocycles. The summed E-state index contributed by atoms with van der Waals surface area (Å²) in [5.41, 5.74) is 6.63. The molecule has 2 amide bonds. The smallest absolute Gasteiger partial charge is 0.244 e. The molecule has 0 spiro atoms. The van der Waals surface area contributed by atoms with Gasteiger partial charge in [0.05, 0.1) is 5.54 Å². The summed E-state index contributed by atoms with van der Waals surface area (Å²) in [5, 5.41) is 5.72. The van der Waals surface area contributed by atoms with Crippen molar-refractivity contribution in [2.75, 3.05) is 10.6 Å². The third-order valence-electron chi connectivity index (χ3n) is 4.25. The molecule has 0 heterocycles. The van der Waals surface area contributed by atoms with Crippen molar-refractivity contribution in [3.05, 3.63) is 24.3 Å². The molecule has 4 N–H and O–H groups in total. The fourth-order valence-electron chi connectivity index (χ4n) is 2.40. The van der Waals surface area contributed by atoms with E-state index in [1.165, 1.54) is 0 Å². The van der Waals surface area contributed by atoms with Gasteiger partial charge < -0.3 is 16.4 Å². The minimum absolute atomic E-state index is 0.0557. The lowest BCUT2D eigenvalue weighted by atomic mass is 9.96. The van der Waals surface area contributed by atoms with Crippen LogP contribution in [0.4, 0.5) is 11.4 Å². The highest BCUT2D eigenvalue weighted by Gasteiger charge is 2.44. The van der Waals surface area contributed by atoms with Crippen LogP contribution in [-0.2, 0) is 9.59 Å². The number of carbonyl (C=O) groups is 2. The third kappa shape index (κ3) is 3.24. The molecule has 1 atom stereocenters. The fraction of sp³-hybridized carbons (Fsp3) is 0.500. The summed E-state index contributed by atoms with van der Waals surface area (Å²) in [6.07, 6.45) is 3.96. The average molecular weight is 287 g/mol. The summed E-state index contributed by atoms with van der Waals surface area (Å²) in [4.78, 5) is 24.0. The van der Waals surface area contributed by atoms with Crippen LogP contribution in [0.25, 0.3) is 0 Å². The number of hydrogen-bond donors (Lipinski definition) is 3. The van der Waals surface area contributed by atoms with Crippen LogP contribution in [0.5, 0.6) is 0 Å². The SMILES string of the molecule is CC(N)(C(=O)Nc1cccc(NC(=O)C2CC2)c1)C1CC1. The van der Waals surface area contributed by atoms with E-state index in [9.17, 15) is 9.59 Å². The van der Waals surface area contributed by atoms with Gasteiger partial charge in [-0.15, -0.1) is 0 Å². The number of nitrogens with two attached hydrogens (primary N) is 1. The highest BCUT2D eigenvalue weighted by Crippen LogP contribution is 2.38. The number of benzene rings is 1. The lowest BCUT2D eigenvalue weighted by Crippen LogP contribution is -2.50. The Hall–Kier alpha value is -1.88. The molecule has 2 aliphatic carbocycles. The molecule has 0 bridgehead atoms. The molecule has 1 aromatic rings. The Bertz CT molecular complexity index is 575. The van der Waals surface area contributed by atoms with Gasteiger partial charge in [-0.05, 0) is 56.7 Å². The van der Waals surface area contributed by atoms with E-state index in [1.807, 2.05) is 12.1 Å². The van der Waals surface area contributed by atoms with Gasteiger partial charge in [0.2, 0.25) is 11.8 Å². The Morgan fingerprint density at radius 2 is 1.76 bits per heavy atom. The van der Waals surface area contributed by atoms with Crippen molar-refractivity contribution in [3.63, 3.8) is 0 Å². The normalized spacial score (nSPS) is 20.5. The van der Waals surface area contributed by atoms with Gasteiger partial charge in [0.1, 0.15) is 0 Å². The number of nitrogens with one attached hydrogen (secondary N) is 2. The van der Waals surface area contributed by atoms with E-state index < -0.39 is 5.54 Å². The zero-order chi connectivity index (χ0) is 15.0. The van der Waals surface area contributed by atoms with Gasteiger partial charge in [-0.3, -0.25) is 9.59 Å². The lowest BCUT2D eigenvalue weighted by Gasteiger charge is -2.23. The monoisotopic (exact) mass is 287 g/mol. The van der Waals surface area contributed by atoms with Crippen molar-refractivity contribution in [2.45, 2.75) is 38.1 Å². The predicted molar refractivity (Wildman–Crippen MR) is 81.7 cm³/mol. The Labute approximate surface area is 124 Å². The molecule has 1 aromatic carbocycles. The Morgan fingerprint density at radius 3 is 2.33 bits per heavy atom. The largest absolute Gasteiger partial charge is 0.326 e. The summed E-state index contributed by atoms with van der Waals surface area (Å²) in [7, 11) is 0. The fourth-order valence-corrected chi connectivity index (χ4v) is 2.40. The molecule has 1 unspecified atom stereocenters. The minimum Gasteiger partial charge on any atom is -0.326 e. The highest BCUT2D eigenvalue weighted by molar-refractivity contribution is 5.99. The van der Waals surface area contributed by atoms with Crippen LogP contribution in [0.15, 0.2) is 24.3 Å². The average Bonchev–Trinajstić information content (AvgIpc) is 3.30. The third-order valence-corrected chi connectivity index (χ3v) is 4.25. The van der Waals surface area contributed by atoms with Gasteiger partial charge in [-0.25, -0.2) is 0 Å². The van der Waals surface area contributed by atoms with Crippen molar-refractivity contribution in [3.8, 4) is 0 Å². The van der Waals surface area contributed by atoms with Crippen LogP contribution in [0.1, 0.15) is 32.6 Å². The summed E-state index contributed by atoms with van der Waals surface area (Å²) >= 11 is 0. The van der Waals surface area contributed by atoms with Crippen LogP contribution in [0.2, 0.25) is 0 Å². The van der Waals surface area contributed by atoms with Crippen molar-refractivity contribution >= 4 is 23.2 Å². The number of carbonyl (C=O) groups excluding carboxylic acids is 2. The van der Waals surface area contributed by atoms with E-state index in [1.54, 1.807) is 19.1 Å². The van der Waals surface area contributed by atoms with E-state index >= 15 is 0 Å². The lowest BCUT2D eigenvalue weighted by molar-refractivity contribution is -0.121. The second-order valence-corrected chi connectivity index (χ2v) is 6.36. The number of hydrogen-bond acceptors (Lipinski definition) is 3. The first-order chi connectivity index (χ1) is 9.96. The summed E-state index contributed by atoms with van der Waals surface area (Å²) in [6, 6.07) is 7.19. The molecule has 0 saturated heterocycles. The van der Waals surface area contributed by atoms with E-state index in [2.05, 4.69) is 10.6 Å². The molecule has 5 heteroatoms. The van der Waals surface area contributed by atoms with Crippen LogP contribution >= 0.6 is 0 Å². The van der Waals surface area contributed by atoms with Gasteiger partial charge in [0.25, 0.3) is 0 Å². The number of amides is 2. The quantitative estimate of drug-likeness (QED) is 0.775. The Kier molecular flexibility index (Phi) is 3.45. The maximum Gasteiger partial charge on any atom is 0.244 e. The maximum atomic E-state index is 12.2. The van der Waals surface area contributed by atoms with E-state index in [0.29, 0.717) is 11.4 Å². The Balaban J connectivity index is 1.65. The van der Waals surface area contributed by atoms with Gasteiger partial charge in [-0.1, -0.05) is 6.07 Å². The molecule has 3 rings (SSSR count). The van der Waals surface area contributed by atoms with E-state index in [4.69, 9.17) is 5.73 Å². The molecule has 2 aliphatic rings. The molecule has 5 nitrogen and oxygen atoms in total. The minimum atomic E-state index is -0.826. The molecule has 2 fully saturated rings. The van der Waals surface area contributed by atoms with Gasteiger partial charge in [0, 0.05) is 17.3 Å². The first-order valence-electron chi connectivity index (χ1n) is 7.48. The van der Waals surface area contributed by atoms with Crippen LogP contribution in [-0.4, -0.2) is 17.4 Å². The van der Waals surface area contributed by atoms with E-state index in [0.717, 1.165) is 25.7 Å². The molecule has 0 aromatic heterocycles. The second kappa shape index (κ2) is 5.15. The summed E-state index contributed by atoms with van der Waals surface area (Å²) in [5.74, 6) is 0.316. The van der Waals surface area contributed by atoms with Crippen LogP contribution < -0.4 is 16.4 Å². The molecule has 112 valence electrons. The molecular weight excluding hydrogens is 266 g/mol. The van der Waals surface area contributed by atoms with Gasteiger partial charge in [0.15, 0.2) is 0 Å². The van der Waals surface area contributed by atoms with E-state index in [-0.39, 0.29) is 23.7 Å². The standard InChI is InChI=1S/C16H21N3O2/c1-16(17,11-7-8-11)15(21)19-13-4-2-3-12(9-13)18-14(20)10-5-6-10/h2-4,9-11H,5-8,17H2,1H3,(H,18,20)(H,19,21). The number of anilines is 2. The number of rotatable bonds is 5. The first-order valence-corrected chi connectivity index (χ1v) is 7.48. The molecule has 21 heavy (non-hydrogen) atoms. The Morgan fingerprint density at radius 1 is 1.14 bits per heavy atom. The van der Waals surface area contributed by atoms with Crippen LogP contribution in [0.3, 0.4) is 0 Å². The zero-order valence-corrected chi connectivity index (χ0v) is 12.2. The molecule has 0 radical (unpaired) electrons. The highest BCUT2D eigenvalue weighted by atomic mass is 16.2. The summed E-state index contributed by atoms with van der Waals surface area (Å²) in [6.45, 7) is 1.78. The zero-order valence-electron chi connectivity index (χ0n) is 12.2. The molecule has 2 saturated carbocycles. The topological polar surface area (TPSA) is 84.2 Å². The van der Waals surface area contributed by atoms with Crippen molar-refractivity contribution in [2.24, 2.45) is 17.6 Å². The predicted octanol–water partition coefficient (Wildman–Crippen LogP) is 2.10. The van der Waals surface area contributed by atoms with Crippen molar-refractivity contribution in [1.29, 1.82) is 0 Å². The first kappa shape index (κ1) is 14.1. The van der Waals surface area contributed by atoms with Crippen molar-refractivity contribution in [1.82, 2.24) is 0 Å². The summed E-state index contributed by atoms with van der Waals surface area (Å²) < 4.78 is 0. The van der Waals surface area contributed by atoms with Gasteiger partial charge >= 0.3 is 0 Å². The molecular formula is C16H21N3O2. The van der Waals surface area contributed by atoms with Crippen LogP contribution in [0, 0.1) is 11.8 Å². The second-order valence-electron chi connectivity index (χ2n) is 6.36.